The summed E-state index contributed by atoms with van der Waals surface area (Å²) in [5, 5.41) is 10.4. The van der Waals surface area contributed by atoms with Crippen molar-refractivity contribution in [3.05, 3.63) is 94.0 Å². The molecule has 4 rings (SSSR count). The lowest BCUT2D eigenvalue weighted by molar-refractivity contribution is -0.115. The molecule has 1 amide bonds. The molecular formula is C24H21BrN4OS. The third-order valence-corrected chi connectivity index (χ3v) is 6.62. The number of aryl methyl sites for hydroxylation is 2. The number of nitrogens with one attached hydrogen (secondary N) is 2. The Hall–Kier alpha value is -2.90. The van der Waals surface area contributed by atoms with Crippen LogP contribution in [0, 0.1) is 13.8 Å². The third kappa shape index (κ3) is 5.06. The maximum absolute atomic E-state index is 13.3. The number of hydrogen-bond acceptors (Lipinski definition) is 4. The molecule has 2 N–H and O–H groups in total. The lowest BCUT2D eigenvalue weighted by Gasteiger charge is -2.17. The highest BCUT2D eigenvalue weighted by molar-refractivity contribution is 9.10. The Morgan fingerprint density at radius 1 is 1.03 bits per heavy atom. The maximum Gasteiger partial charge on any atom is 0.242 e. The number of benzene rings is 3. The summed E-state index contributed by atoms with van der Waals surface area (Å²) in [5.41, 5.74) is 4.73. The van der Waals surface area contributed by atoms with E-state index in [2.05, 4.69) is 36.4 Å². The van der Waals surface area contributed by atoms with Gasteiger partial charge in [0.25, 0.3) is 0 Å². The van der Waals surface area contributed by atoms with Gasteiger partial charge in [-0.3, -0.25) is 9.89 Å². The summed E-state index contributed by atoms with van der Waals surface area (Å²) in [6.45, 7) is 3.99. The molecule has 0 fully saturated rings. The van der Waals surface area contributed by atoms with Crippen molar-refractivity contribution in [3.8, 4) is 11.4 Å². The van der Waals surface area contributed by atoms with Crippen LogP contribution in [0.25, 0.3) is 11.4 Å². The standard InChI is InChI=1S/C24H21BrN4OS/c1-15-12-13-16(2)20(14-15)26-23(30)21(17-8-4-3-5-9-17)31-24-27-22(28-29-24)18-10-6-7-11-19(18)25/h3-14,21H,1-2H3,(H,26,30)(H,27,28,29). The zero-order valence-corrected chi connectivity index (χ0v) is 19.5. The molecule has 31 heavy (non-hydrogen) atoms. The molecule has 1 atom stereocenters. The number of halogens is 1. The quantitative estimate of drug-likeness (QED) is 0.308. The van der Waals surface area contributed by atoms with Crippen molar-refractivity contribution in [3.63, 3.8) is 0 Å². The number of nitrogens with zero attached hydrogens (tertiary/aromatic N) is 2. The minimum absolute atomic E-state index is 0.114. The summed E-state index contributed by atoms with van der Waals surface area (Å²) in [5.74, 6) is 0.536. The van der Waals surface area contributed by atoms with Crippen LogP contribution in [0.4, 0.5) is 5.69 Å². The summed E-state index contributed by atoms with van der Waals surface area (Å²) in [7, 11) is 0. The lowest BCUT2D eigenvalue weighted by Crippen LogP contribution is -2.19. The predicted octanol–water partition coefficient (Wildman–Crippen LogP) is 6.32. The minimum atomic E-state index is -0.496. The Kier molecular flexibility index (Phi) is 6.53. The maximum atomic E-state index is 13.3. The number of aromatic amines is 1. The Labute approximate surface area is 193 Å². The van der Waals surface area contributed by atoms with E-state index < -0.39 is 5.25 Å². The Morgan fingerprint density at radius 2 is 1.77 bits per heavy atom. The van der Waals surface area contributed by atoms with Crippen molar-refractivity contribution >= 4 is 39.3 Å². The molecule has 0 aliphatic heterocycles. The summed E-state index contributed by atoms with van der Waals surface area (Å²) in [6.07, 6.45) is 0. The number of carbonyl (C=O) groups is 1. The first kappa shape index (κ1) is 21.3. The smallest absolute Gasteiger partial charge is 0.242 e. The van der Waals surface area contributed by atoms with Crippen LogP contribution in [0.15, 0.2) is 82.4 Å². The van der Waals surface area contributed by atoms with Crippen LogP contribution >= 0.6 is 27.7 Å². The van der Waals surface area contributed by atoms with Crippen molar-refractivity contribution in [1.29, 1.82) is 0 Å². The first-order valence-electron chi connectivity index (χ1n) is 9.78. The molecule has 0 saturated heterocycles. The van der Waals surface area contributed by atoms with E-state index in [9.17, 15) is 4.79 Å². The molecule has 1 unspecified atom stereocenters. The summed E-state index contributed by atoms with van der Waals surface area (Å²) >= 11 is 4.86. The fourth-order valence-corrected chi connectivity index (χ4v) is 4.53. The molecule has 0 aliphatic carbocycles. The monoisotopic (exact) mass is 492 g/mol. The lowest BCUT2D eigenvalue weighted by atomic mass is 10.1. The average Bonchev–Trinajstić information content (AvgIpc) is 3.24. The predicted molar refractivity (Wildman–Crippen MR) is 129 cm³/mol. The van der Waals surface area contributed by atoms with Crippen molar-refractivity contribution < 1.29 is 4.79 Å². The Bertz CT molecular complexity index is 1210. The second-order valence-electron chi connectivity index (χ2n) is 7.16. The molecule has 1 heterocycles. The Morgan fingerprint density at radius 3 is 2.55 bits per heavy atom. The van der Waals surface area contributed by atoms with E-state index in [1.165, 1.54) is 11.8 Å². The highest BCUT2D eigenvalue weighted by Gasteiger charge is 2.25. The molecule has 7 heteroatoms. The van der Waals surface area contributed by atoms with Crippen molar-refractivity contribution in [2.75, 3.05) is 5.32 Å². The molecule has 4 aromatic rings. The summed E-state index contributed by atoms with van der Waals surface area (Å²) in [6, 6.07) is 23.5. The largest absolute Gasteiger partial charge is 0.325 e. The number of thioether (sulfide) groups is 1. The number of H-pyrrole nitrogens is 1. The van der Waals surface area contributed by atoms with Gasteiger partial charge in [-0.25, -0.2) is 4.98 Å². The molecule has 1 aromatic heterocycles. The van der Waals surface area contributed by atoms with Crippen LogP contribution in [0.2, 0.25) is 0 Å². The van der Waals surface area contributed by atoms with Crippen LogP contribution in [-0.4, -0.2) is 21.1 Å². The second kappa shape index (κ2) is 9.49. The molecule has 0 bridgehead atoms. The normalized spacial score (nSPS) is 11.8. The first-order valence-corrected chi connectivity index (χ1v) is 11.5. The number of hydrogen-bond donors (Lipinski definition) is 2. The molecule has 0 aliphatic rings. The molecule has 0 radical (unpaired) electrons. The summed E-state index contributed by atoms with van der Waals surface area (Å²) < 4.78 is 0.926. The van der Waals surface area contributed by atoms with Gasteiger partial charge in [0.05, 0.1) is 0 Å². The van der Waals surface area contributed by atoms with Crippen LogP contribution in [0.3, 0.4) is 0 Å². The van der Waals surface area contributed by atoms with Crippen molar-refractivity contribution in [1.82, 2.24) is 15.2 Å². The van der Waals surface area contributed by atoms with E-state index in [0.29, 0.717) is 11.0 Å². The van der Waals surface area contributed by atoms with Crippen molar-refractivity contribution in [2.24, 2.45) is 0 Å². The van der Waals surface area contributed by atoms with Gasteiger partial charge in [-0.2, -0.15) is 0 Å². The molecule has 156 valence electrons. The topological polar surface area (TPSA) is 70.7 Å². The fraction of sp³-hybridized carbons (Fsp3) is 0.125. The van der Waals surface area contributed by atoms with E-state index in [-0.39, 0.29) is 5.91 Å². The number of rotatable bonds is 6. The number of carbonyl (C=O) groups excluding carboxylic acids is 1. The van der Waals surface area contributed by atoms with Crippen LogP contribution in [0.1, 0.15) is 21.9 Å². The van der Waals surface area contributed by atoms with E-state index in [1.807, 2.05) is 86.6 Å². The van der Waals surface area contributed by atoms with Gasteiger partial charge in [-0.1, -0.05) is 88.4 Å². The van der Waals surface area contributed by atoms with Gasteiger partial charge in [-0.05, 0) is 42.7 Å². The van der Waals surface area contributed by atoms with Gasteiger partial charge in [0.1, 0.15) is 5.25 Å². The fourth-order valence-electron chi connectivity index (χ4n) is 3.15. The van der Waals surface area contributed by atoms with E-state index in [1.54, 1.807) is 0 Å². The number of amides is 1. The molecule has 0 spiro atoms. The molecule has 5 nitrogen and oxygen atoms in total. The molecule has 0 saturated carbocycles. The third-order valence-electron chi connectivity index (χ3n) is 4.81. The van der Waals surface area contributed by atoms with E-state index in [0.717, 1.165) is 32.4 Å². The second-order valence-corrected chi connectivity index (χ2v) is 9.09. The van der Waals surface area contributed by atoms with Crippen LogP contribution < -0.4 is 5.32 Å². The number of anilines is 1. The van der Waals surface area contributed by atoms with Gasteiger partial charge < -0.3 is 5.32 Å². The first-order chi connectivity index (χ1) is 15.0. The van der Waals surface area contributed by atoms with Crippen LogP contribution in [-0.2, 0) is 4.79 Å². The van der Waals surface area contributed by atoms with Gasteiger partial charge in [-0.15, -0.1) is 5.10 Å². The Balaban J connectivity index is 1.61. The average molecular weight is 493 g/mol. The number of aromatic nitrogens is 3. The van der Waals surface area contributed by atoms with Gasteiger partial charge in [0, 0.05) is 15.7 Å². The van der Waals surface area contributed by atoms with Gasteiger partial charge in [0.15, 0.2) is 5.82 Å². The SMILES string of the molecule is Cc1ccc(C)c(NC(=O)C(Sc2n[nH]c(-c3ccccc3Br)n2)c2ccccc2)c1. The minimum Gasteiger partial charge on any atom is -0.325 e. The van der Waals surface area contributed by atoms with Crippen molar-refractivity contribution in [2.45, 2.75) is 24.3 Å². The van der Waals surface area contributed by atoms with E-state index in [4.69, 9.17) is 0 Å². The van der Waals surface area contributed by atoms with Gasteiger partial charge in [0.2, 0.25) is 11.1 Å². The molecule has 3 aromatic carbocycles. The zero-order chi connectivity index (χ0) is 21.8. The molecular weight excluding hydrogens is 472 g/mol. The van der Waals surface area contributed by atoms with E-state index >= 15 is 0 Å². The zero-order valence-electron chi connectivity index (χ0n) is 17.1. The summed E-state index contributed by atoms with van der Waals surface area (Å²) in [4.78, 5) is 17.9. The van der Waals surface area contributed by atoms with Gasteiger partial charge >= 0.3 is 0 Å². The van der Waals surface area contributed by atoms with Crippen LogP contribution in [0.5, 0.6) is 0 Å². The highest BCUT2D eigenvalue weighted by atomic mass is 79.9. The highest BCUT2D eigenvalue weighted by Crippen LogP contribution is 2.36.